The van der Waals surface area contributed by atoms with E-state index in [0.29, 0.717) is 12.4 Å². The Morgan fingerprint density at radius 2 is 1.76 bits per heavy atom. The van der Waals surface area contributed by atoms with Crippen LogP contribution in [0.2, 0.25) is 0 Å². The van der Waals surface area contributed by atoms with Crippen LogP contribution in [-0.4, -0.2) is 18.0 Å². The monoisotopic (exact) mass is 511 g/mol. The lowest BCUT2D eigenvalue weighted by atomic mass is 10.2. The fourth-order valence-electron chi connectivity index (χ4n) is 2.80. The molecule has 0 spiro atoms. The molecule has 0 saturated carbocycles. The van der Waals surface area contributed by atoms with Gasteiger partial charge in [0.05, 0.1) is 16.4 Å². The molecule has 33 heavy (non-hydrogen) atoms. The number of rotatable bonds is 9. The normalized spacial score (nSPS) is 10.8. The number of hydrogen-bond acceptors (Lipinski definition) is 4. The van der Waals surface area contributed by atoms with Crippen molar-refractivity contribution in [3.8, 4) is 5.75 Å². The van der Waals surface area contributed by atoms with E-state index in [1.165, 1.54) is 30.0 Å². The van der Waals surface area contributed by atoms with E-state index < -0.39 is 17.6 Å². The van der Waals surface area contributed by atoms with Gasteiger partial charge in [0.2, 0.25) is 11.8 Å². The molecule has 0 aliphatic heterocycles. The minimum atomic E-state index is -0.530. The van der Waals surface area contributed by atoms with E-state index in [1.54, 1.807) is 6.07 Å². The highest BCUT2D eigenvalue weighted by Gasteiger charge is 2.09. The number of amides is 2. The molecule has 0 unspecified atom stereocenters. The van der Waals surface area contributed by atoms with Crippen molar-refractivity contribution < 1.29 is 18.7 Å². The van der Waals surface area contributed by atoms with Crippen LogP contribution >= 0.6 is 15.9 Å². The fraction of sp³-hybridized carbons (Fsp3) is 0.160. The van der Waals surface area contributed by atoms with Crippen LogP contribution in [-0.2, 0) is 16.2 Å². The number of anilines is 1. The highest BCUT2D eigenvalue weighted by Crippen LogP contribution is 2.26. The number of aryl methyl sites for hydroxylation is 1. The van der Waals surface area contributed by atoms with E-state index >= 15 is 0 Å². The van der Waals surface area contributed by atoms with Crippen molar-refractivity contribution in [1.82, 2.24) is 5.43 Å². The highest BCUT2D eigenvalue weighted by molar-refractivity contribution is 9.10. The molecular formula is C25H23BrFN3O3. The maximum Gasteiger partial charge on any atom is 0.240 e. The van der Waals surface area contributed by atoms with Gasteiger partial charge in [0.15, 0.2) is 0 Å². The van der Waals surface area contributed by atoms with Crippen molar-refractivity contribution in [3.63, 3.8) is 0 Å². The van der Waals surface area contributed by atoms with Gasteiger partial charge in [-0.15, -0.1) is 0 Å². The Kier molecular flexibility index (Phi) is 8.71. The summed E-state index contributed by atoms with van der Waals surface area (Å²) in [5.41, 5.74) is 5.48. The van der Waals surface area contributed by atoms with E-state index in [1.807, 2.05) is 49.4 Å². The van der Waals surface area contributed by atoms with Gasteiger partial charge in [-0.25, -0.2) is 9.82 Å². The van der Waals surface area contributed by atoms with Gasteiger partial charge < -0.3 is 10.1 Å². The molecule has 0 bridgehead atoms. The van der Waals surface area contributed by atoms with Crippen LogP contribution in [0.15, 0.2) is 76.3 Å². The van der Waals surface area contributed by atoms with Crippen molar-refractivity contribution in [1.29, 1.82) is 0 Å². The first-order valence-electron chi connectivity index (χ1n) is 10.2. The van der Waals surface area contributed by atoms with Crippen molar-refractivity contribution in [2.24, 2.45) is 5.10 Å². The smallest absolute Gasteiger partial charge is 0.240 e. The van der Waals surface area contributed by atoms with Crippen LogP contribution in [0.1, 0.15) is 29.5 Å². The quantitative estimate of drug-likeness (QED) is 0.300. The van der Waals surface area contributed by atoms with Gasteiger partial charge in [0.25, 0.3) is 0 Å². The average molecular weight is 512 g/mol. The Morgan fingerprint density at radius 3 is 2.48 bits per heavy atom. The zero-order valence-corrected chi connectivity index (χ0v) is 19.6. The number of nitrogens with zero attached hydrogens (tertiary/aromatic N) is 1. The molecule has 0 radical (unpaired) electrons. The molecule has 170 valence electrons. The van der Waals surface area contributed by atoms with E-state index in [-0.39, 0.29) is 18.5 Å². The van der Waals surface area contributed by atoms with E-state index in [9.17, 15) is 14.0 Å². The molecule has 0 fully saturated rings. The van der Waals surface area contributed by atoms with Gasteiger partial charge in [-0.05, 0) is 64.3 Å². The SMILES string of the molecule is Cc1ccc(COc2ccc(C=NNC(=O)CCC(=O)Nc3ccccc3F)cc2Br)cc1. The van der Waals surface area contributed by atoms with Crippen LogP contribution in [0.25, 0.3) is 0 Å². The summed E-state index contributed by atoms with van der Waals surface area (Å²) in [6.07, 6.45) is 1.33. The van der Waals surface area contributed by atoms with Crippen molar-refractivity contribution in [2.45, 2.75) is 26.4 Å². The summed E-state index contributed by atoms with van der Waals surface area (Å²) < 4.78 is 20.1. The number of carbonyl (C=O) groups excluding carboxylic acids is 2. The maximum atomic E-state index is 13.5. The van der Waals surface area contributed by atoms with E-state index in [4.69, 9.17) is 4.74 Å². The van der Waals surface area contributed by atoms with Crippen LogP contribution in [0.4, 0.5) is 10.1 Å². The average Bonchev–Trinajstić information content (AvgIpc) is 2.80. The highest BCUT2D eigenvalue weighted by atomic mass is 79.9. The number of nitrogens with one attached hydrogen (secondary N) is 2. The zero-order valence-electron chi connectivity index (χ0n) is 18.0. The summed E-state index contributed by atoms with van der Waals surface area (Å²) in [7, 11) is 0. The van der Waals surface area contributed by atoms with Gasteiger partial charge >= 0.3 is 0 Å². The van der Waals surface area contributed by atoms with Gasteiger partial charge in [-0.2, -0.15) is 5.10 Å². The van der Waals surface area contributed by atoms with Crippen LogP contribution < -0.4 is 15.5 Å². The Bertz CT molecular complexity index is 1150. The van der Waals surface area contributed by atoms with Gasteiger partial charge in [-0.3, -0.25) is 9.59 Å². The second-order valence-corrected chi connectivity index (χ2v) is 8.14. The third-order valence-electron chi connectivity index (χ3n) is 4.60. The summed E-state index contributed by atoms with van der Waals surface area (Å²) in [5.74, 6) is -0.716. The number of para-hydroxylation sites is 1. The van der Waals surface area contributed by atoms with Crippen LogP contribution in [0, 0.1) is 12.7 Å². The largest absolute Gasteiger partial charge is 0.488 e. The van der Waals surface area contributed by atoms with Gasteiger partial charge in [0, 0.05) is 12.8 Å². The minimum Gasteiger partial charge on any atom is -0.488 e. The summed E-state index contributed by atoms with van der Waals surface area (Å²) in [6, 6.07) is 19.4. The molecule has 0 saturated heterocycles. The van der Waals surface area contributed by atoms with E-state index in [0.717, 1.165) is 15.6 Å². The third kappa shape index (κ3) is 7.84. The first kappa shape index (κ1) is 24.1. The van der Waals surface area contributed by atoms with E-state index in [2.05, 4.69) is 31.8 Å². The van der Waals surface area contributed by atoms with Crippen molar-refractivity contribution in [2.75, 3.05) is 5.32 Å². The number of halogens is 2. The molecule has 3 rings (SSSR count). The summed E-state index contributed by atoms with van der Waals surface area (Å²) >= 11 is 3.48. The van der Waals surface area contributed by atoms with Crippen molar-refractivity contribution >= 4 is 39.6 Å². The van der Waals surface area contributed by atoms with Gasteiger partial charge in [0.1, 0.15) is 18.2 Å². The lowest BCUT2D eigenvalue weighted by molar-refractivity contribution is -0.124. The summed E-state index contributed by atoms with van der Waals surface area (Å²) in [5, 5.41) is 6.34. The van der Waals surface area contributed by atoms with Crippen LogP contribution in [0.5, 0.6) is 5.75 Å². The Labute approximate surface area is 200 Å². The molecule has 6 nitrogen and oxygen atoms in total. The molecule has 3 aromatic carbocycles. The number of ether oxygens (including phenoxy) is 1. The number of carbonyl (C=O) groups is 2. The molecule has 0 aromatic heterocycles. The molecule has 3 aromatic rings. The molecule has 0 heterocycles. The lowest BCUT2D eigenvalue weighted by Crippen LogP contribution is -2.20. The minimum absolute atomic E-state index is 0.0763. The van der Waals surface area contributed by atoms with Crippen LogP contribution in [0.3, 0.4) is 0 Å². The van der Waals surface area contributed by atoms with Crippen molar-refractivity contribution in [3.05, 3.63) is 93.7 Å². The molecule has 0 atom stereocenters. The zero-order chi connectivity index (χ0) is 23.6. The molecule has 0 aliphatic carbocycles. The molecule has 8 heteroatoms. The second-order valence-electron chi connectivity index (χ2n) is 7.29. The number of hydrogen-bond donors (Lipinski definition) is 2. The second kappa shape index (κ2) is 11.9. The molecule has 2 N–H and O–H groups in total. The fourth-order valence-corrected chi connectivity index (χ4v) is 3.31. The summed E-state index contributed by atoms with van der Waals surface area (Å²) in [4.78, 5) is 23.8. The number of benzene rings is 3. The molecular weight excluding hydrogens is 489 g/mol. The molecule has 2 amide bonds. The van der Waals surface area contributed by atoms with Gasteiger partial charge in [-0.1, -0.05) is 42.0 Å². The predicted octanol–water partition coefficient (Wildman–Crippen LogP) is 5.34. The Morgan fingerprint density at radius 1 is 1.03 bits per heavy atom. The Hall–Kier alpha value is -3.52. The maximum absolute atomic E-state index is 13.5. The number of hydrazone groups is 1. The predicted molar refractivity (Wildman–Crippen MR) is 130 cm³/mol. The standard InChI is InChI=1S/C25H23BrFN3O3/c1-17-6-8-18(9-7-17)16-33-23-11-10-19(14-20(23)26)15-28-30-25(32)13-12-24(31)29-22-5-3-2-4-21(22)27/h2-11,14-15H,12-13,16H2,1H3,(H,29,31)(H,30,32). The summed E-state index contributed by atoms with van der Waals surface area (Å²) in [6.45, 7) is 2.49. The topological polar surface area (TPSA) is 79.8 Å². The first-order chi connectivity index (χ1) is 15.9. The third-order valence-corrected chi connectivity index (χ3v) is 5.22. The Balaban J connectivity index is 1.43. The lowest BCUT2D eigenvalue weighted by Gasteiger charge is -2.09. The first-order valence-corrected chi connectivity index (χ1v) is 11.0. The molecule has 0 aliphatic rings.